The standard InChI is InChI=1S/C9H11BrN4/c1-5(2)8-12-9-7(10)3-6(11)4-14(9)13-8/h3-5H,11H2,1-2H3. The van der Waals surface area contributed by atoms with Gasteiger partial charge < -0.3 is 5.73 Å². The van der Waals surface area contributed by atoms with Gasteiger partial charge in [0.15, 0.2) is 11.5 Å². The Labute approximate surface area is 90.3 Å². The van der Waals surface area contributed by atoms with Crippen LogP contribution in [0.15, 0.2) is 16.7 Å². The van der Waals surface area contributed by atoms with E-state index in [0.717, 1.165) is 15.9 Å². The predicted octanol–water partition coefficient (Wildman–Crippen LogP) is 2.20. The SMILES string of the molecule is CC(C)c1nc2c(Br)cc(N)cn2n1. The van der Waals surface area contributed by atoms with Gasteiger partial charge in [-0.05, 0) is 22.0 Å². The van der Waals surface area contributed by atoms with Gasteiger partial charge >= 0.3 is 0 Å². The summed E-state index contributed by atoms with van der Waals surface area (Å²) in [5.41, 5.74) is 7.17. The molecule has 2 heterocycles. The van der Waals surface area contributed by atoms with Crippen molar-refractivity contribution in [2.75, 3.05) is 5.73 Å². The van der Waals surface area contributed by atoms with Crippen molar-refractivity contribution in [3.05, 3.63) is 22.6 Å². The number of hydrogen-bond donors (Lipinski definition) is 1. The van der Waals surface area contributed by atoms with Crippen molar-refractivity contribution in [1.29, 1.82) is 0 Å². The first-order chi connectivity index (χ1) is 6.58. The molecule has 4 nitrogen and oxygen atoms in total. The molecule has 14 heavy (non-hydrogen) atoms. The van der Waals surface area contributed by atoms with Crippen molar-refractivity contribution in [1.82, 2.24) is 14.6 Å². The van der Waals surface area contributed by atoms with E-state index in [9.17, 15) is 0 Å². The van der Waals surface area contributed by atoms with E-state index >= 15 is 0 Å². The summed E-state index contributed by atoms with van der Waals surface area (Å²) in [6.07, 6.45) is 1.76. The molecule has 2 aromatic rings. The van der Waals surface area contributed by atoms with E-state index in [1.165, 1.54) is 0 Å². The summed E-state index contributed by atoms with van der Waals surface area (Å²) in [6, 6.07) is 1.83. The lowest BCUT2D eigenvalue weighted by Gasteiger charge is -1.96. The summed E-state index contributed by atoms with van der Waals surface area (Å²) in [4.78, 5) is 4.40. The number of nitrogens with two attached hydrogens (primary N) is 1. The molecule has 0 aliphatic heterocycles. The van der Waals surface area contributed by atoms with Gasteiger partial charge in [0.25, 0.3) is 0 Å². The molecule has 0 saturated carbocycles. The number of rotatable bonds is 1. The molecule has 0 aliphatic carbocycles. The largest absolute Gasteiger partial charge is 0.397 e. The van der Waals surface area contributed by atoms with Crippen molar-refractivity contribution < 1.29 is 0 Å². The second-order valence-corrected chi connectivity index (χ2v) is 4.37. The summed E-state index contributed by atoms with van der Waals surface area (Å²) < 4.78 is 2.58. The maximum absolute atomic E-state index is 5.69. The van der Waals surface area contributed by atoms with E-state index in [2.05, 4.69) is 39.9 Å². The minimum atomic E-state index is 0.322. The van der Waals surface area contributed by atoms with Crippen LogP contribution in [0.1, 0.15) is 25.6 Å². The molecule has 0 radical (unpaired) electrons. The molecule has 5 heteroatoms. The topological polar surface area (TPSA) is 56.2 Å². The molecule has 2 aromatic heterocycles. The molecule has 2 rings (SSSR count). The Bertz CT molecular complexity index is 475. The Balaban J connectivity index is 2.70. The van der Waals surface area contributed by atoms with Gasteiger partial charge in [0, 0.05) is 5.92 Å². The minimum absolute atomic E-state index is 0.322. The first-order valence-electron chi connectivity index (χ1n) is 4.39. The molecule has 0 amide bonds. The van der Waals surface area contributed by atoms with Crippen LogP contribution >= 0.6 is 15.9 Å². The molecular formula is C9H11BrN4. The fraction of sp³-hybridized carbons (Fsp3) is 0.333. The molecule has 74 valence electrons. The predicted molar refractivity (Wildman–Crippen MR) is 59.2 cm³/mol. The van der Waals surface area contributed by atoms with E-state index in [4.69, 9.17) is 5.73 Å². The summed E-state index contributed by atoms with van der Waals surface area (Å²) in [5, 5.41) is 4.33. The third-order valence-corrected chi connectivity index (χ3v) is 2.53. The van der Waals surface area contributed by atoms with Gasteiger partial charge in [-0.2, -0.15) is 5.10 Å². The van der Waals surface area contributed by atoms with Crippen LogP contribution in [0.3, 0.4) is 0 Å². The Hall–Kier alpha value is -1.10. The van der Waals surface area contributed by atoms with Gasteiger partial charge in [-0.25, -0.2) is 9.50 Å². The third kappa shape index (κ3) is 1.48. The molecule has 0 atom stereocenters. The molecule has 0 unspecified atom stereocenters. The van der Waals surface area contributed by atoms with Crippen LogP contribution in [0.5, 0.6) is 0 Å². The van der Waals surface area contributed by atoms with Crippen molar-refractivity contribution in [3.63, 3.8) is 0 Å². The van der Waals surface area contributed by atoms with Crippen LogP contribution in [-0.4, -0.2) is 14.6 Å². The minimum Gasteiger partial charge on any atom is -0.397 e. The number of fused-ring (bicyclic) bond motifs is 1. The molecule has 0 saturated heterocycles. The molecule has 0 aliphatic rings. The highest BCUT2D eigenvalue weighted by molar-refractivity contribution is 9.10. The maximum atomic E-state index is 5.69. The Morgan fingerprint density at radius 2 is 2.21 bits per heavy atom. The zero-order valence-corrected chi connectivity index (χ0v) is 9.62. The lowest BCUT2D eigenvalue weighted by atomic mass is 10.2. The van der Waals surface area contributed by atoms with Crippen LogP contribution in [0, 0.1) is 0 Å². The van der Waals surface area contributed by atoms with Crippen LogP contribution in [-0.2, 0) is 0 Å². The van der Waals surface area contributed by atoms with Gasteiger partial charge in [-0.3, -0.25) is 0 Å². The van der Waals surface area contributed by atoms with Crippen molar-refractivity contribution in [3.8, 4) is 0 Å². The summed E-state index contributed by atoms with van der Waals surface area (Å²) >= 11 is 3.41. The first kappa shape index (κ1) is 9.45. The van der Waals surface area contributed by atoms with E-state index < -0.39 is 0 Å². The quantitative estimate of drug-likeness (QED) is 0.849. The average molecular weight is 255 g/mol. The smallest absolute Gasteiger partial charge is 0.169 e. The molecule has 0 aromatic carbocycles. The lowest BCUT2D eigenvalue weighted by molar-refractivity contribution is 0.765. The van der Waals surface area contributed by atoms with Crippen LogP contribution in [0.4, 0.5) is 5.69 Å². The summed E-state index contributed by atoms with van der Waals surface area (Å²) in [6.45, 7) is 4.12. The number of aromatic nitrogens is 3. The number of hydrogen-bond acceptors (Lipinski definition) is 3. The molecule has 0 spiro atoms. The van der Waals surface area contributed by atoms with Gasteiger partial charge in [0.2, 0.25) is 0 Å². The number of halogens is 1. The molecule has 2 N–H and O–H groups in total. The second kappa shape index (κ2) is 3.24. The Kier molecular flexibility index (Phi) is 2.19. The van der Waals surface area contributed by atoms with Crippen molar-refractivity contribution in [2.45, 2.75) is 19.8 Å². The Morgan fingerprint density at radius 3 is 2.86 bits per heavy atom. The fourth-order valence-corrected chi connectivity index (χ4v) is 1.76. The number of anilines is 1. The maximum Gasteiger partial charge on any atom is 0.169 e. The van der Waals surface area contributed by atoms with Crippen molar-refractivity contribution >= 4 is 27.3 Å². The highest BCUT2D eigenvalue weighted by atomic mass is 79.9. The highest BCUT2D eigenvalue weighted by Gasteiger charge is 2.09. The fourth-order valence-electron chi connectivity index (χ4n) is 1.23. The van der Waals surface area contributed by atoms with Crippen LogP contribution < -0.4 is 5.73 Å². The van der Waals surface area contributed by atoms with Gasteiger partial charge in [0.05, 0.1) is 16.4 Å². The third-order valence-electron chi connectivity index (χ3n) is 1.94. The summed E-state index contributed by atoms with van der Waals surface area (Å²) in [7, 11) is 0. The number of nitrogens with zero attached hydrogens (tertiary/aromatic N) is 3. The average Bonchev–Trinajstić information content (AvgIpc) is 2.47. The van der Waals surface area contributed by atoms with E-state index in [1.54, 1.807) is 10.7 Å². The number of pyridine rings is 1. The monoisotopic (exact) mass is 254 g/mol. The second-order valence-electron chi connectivity index (χ2n) is 3.51. The zero-order chi connectivity index (χ0) is 10.3. The zero-order valence-electron chi connectivity index (χ0n) is 8.03. The highest BCUT2D eigenvalue weighted by Crippen LogP contribution is 2.21. The molecule has 0 bridgehead atoms. The van der Waals surface area contributed by atoms with E-state index in [1.807, 2.05) is 6.07 Å². The van der Waals surface area contributed by atoms with Crippen molar-refractivity contribution in [2.24, 2.45) is 0 Å². The summed E-state index contributed by atoms with van der Waals surface area (Å²) in [5.74, 6) is 1.15. The number of nitrogen functional groups attached to an aromatic ring is 1. The normalized spacial score (nSPS) is 11.4. The molecular weight excluding hydrogens is 244 g/mol. The van der Waals surface area contributed by atoms with Crippen LogP contribution in [0.2, 0.25) is 0 Å². The van der Waals surface area contributed by atoms with Gasteiger partial charge in [-0.15, -0.1) is 0 Å². The van der Waals surface area contributed by atoms with E-state index in [-0.39, 0.29) is 0 Å². The lowest BCUT2D eigenvalue weighted by Crippen LogP contribution is -1.94. The first-order valence-corrected chi connectivity index (χ1v) is 5.18. The van der Waals surface area contributed by atoms with Crippen LogP contribution in [0.25, 0.3) is 5.65 Å². The van der Waals surface area contributed by atoms with Gasteiger partial charge in [-0.1, -0.05) is 13.8 Å². The molecule has 0 fully saturated rings. The van der Waals surface area contributed by atoms with E-state index in [0.29, 0.717) is 11.6 Å². The van der Waals surface area contributed by atoms with Gasteiger partial charge in [0.1, 0.15) is 0 Å². The Morgan fingerprint density at radius 1 is 1.50 bits per heavy atom.